The molecule has 1 N–H and O–H groups in total. The van der Waals surface area contributed by atoms with Crippen LogP contribution in [0.25, 0.3) is 0 Å². The maximum absolute atomic E-state index is 12.5. The molecule has 25 heavy (non-hydrogen) atoms. The van der Waals surface area contributed by atoms with Gasteiger partial charge >= 0.3 is 0 Å². The lowest BCUT2D eigenvalue weighted by atomic mass is 10.1. The molecule has 2 aromatic carbocycles. The van der Waals surface area contributed by atoms with Crippen LogP contribution < -0.4 is 10.2 Å². The van der Waals surface area contributed by atoms with Gasteiger partial charge in [0.05, 0.1) is 0 Å². The molecular weight excluding hydrogens is 312 g/mol. The van der Waals surface area contributed by atoms with Crippen molar-refractivity contribution in [2.45, 2.75) is 39.5 Å². The Kier molecular flexibility index (Phi) is 5.17. The first kappa shape index (κ1) is 17.2. The van der Waals surface area contributed by atoms with Crippen molar-refractivity contribution >= 4 is 23.2 Å². The Bertz CT molecular complexity index is 781. The first-order chi connectivity index (χ1) is 12.1. The van der Waals surface area contributed by atoms with Crippen molar-refractivity contribution in [2.75, 3.05) is 16.8 Å². The summed E-state index contributed by atoms with van der Waals surface area (Å²) < 4.78 is 0. The molecule has 0 atom stereocenters. The number of carbonyl (C=O) groups excluding carboxylic acids is 2. The van der Waals surface area contributed by atoms with Crippen LogP contribution in [0.5, 0.6) is 0 Å². The number of nitrogens with zero attached hydrogens (tertiary/aromatic N) is 1. The average molecular weight is 336 g/mol. The predicted molar refractivity (Wildman–Crippen MR) is 101 cm³/mol. The Morgan fingerprint density at radius 2 is 1.88 bits per heavy atom. The van der Waals surface area contributed by atoms with Crippen molar-refractivity contribution in [3.63, 3.8) is 0 Å². The SMILES string of the molecule is CCc1ccc(C(=O)Nc2ccc(C)c(N3CCCCC3=O)c2)cc1. The lowest BCUT2D eigenvalue weighted by Crippen LogP contribution is -2.35. The highest BCUT2D eigenvalue weighted by Crippen LogP contribution is 2.28. The van der Waals surface area contributed by atoms with Crippen molar-refractivity contribution in [1.82, 2.24) is 0 Å². The topological polar surface area (TPSA) is 49.4 Å². The first-order valence-corrected chi connectivity index (χ1v) is 8.90. The van der Waals surface area contributed by atoms with Crippen LogP contribution in [-0.4, -0.2) is 18.4 Å². The minimum Gasteiger partial charge on any atom is -0.322 e. The fourth-order valence-electron chi connectivity index (χ4n) is 3.13. The number of hydrogen-bond donors (Lipinski definition) is 1. The van der Waals surface area contributed by atoms with E-state index in [0.717, 1.165) is 37.1 Å². The van der Waals surface area contributed by atoms with Crippen LogP contribution in [0.3, 0.4) is 0 Å². The zero-order valence-electron chi connectivity index (χ0n) is 14.8. The molecule has 0 radical (unpaired) electrons. The summed E-state index contributed by atoms with van der Waals surface area (Å²) in [7, 11) is 0. The molecule has 4 heteroatoms. The van der Waals surface area contributed by atoms with E-state index in [2.05, 4.69) is 12.2 Å². The van der Waals surface area contributed by atoms with Gasteiger partial charge in [0, 0.05) is 29.9 Å². The Labute approximate surface area is 148 Å². The zero-order chi connectivity index (χ0) is 17.8. The number of carbonyl (C=O) groups is 2. The molecule has 0 aliphatic carbocycles. The molecule has 1 aliphatic heterocycles. The molecule has 3 rings (SSSR count). The van der Waals surface area contributed by atoms with Crippen LogP contribution >= 0.6 is 0 Å². The number of hydrogen-bond acceptors (Lipinski definition) is 2. The second-order valence-electron chi connectivity index (χ2n) is 6.51. The maximum Gasteiger partial charge on any atom is 0.255 e. The third kappa shape index (κ3) is 3.90. The van der Waals surface area contributed by atoms with E-state index in [1.54, 1.807) is 0 Å². The highest BCUT2D eigenvalue weighted by Gasteiger charge is 2.21. The molecule has 1 saturated heterocycles. The fraction of sp³-hybridized carbons (Fsp3) is 0.333. The first-order valence-electron chi connectivity index (χ1n) is 8.90. The summed E-state index contributed by atoms with van der Waals surface area (Å²) in [6.45, 7) is 4.83. The molecule has 0 unspecified atom stereocenters. The molecular formula is C21H24N2O2. The molecule has 130 valence electrons. The minimum atomic E-state index is -0.137. The molecule has 0 aromatic heterocycles. The molecule has 0 spiro atoms. The van der Waals surface area contributed by atoms with E-state index in [1.165, 1.54) is 5.56 Å². The van der Waals surface area contributed by atoms with Gasteiger partial charge in [-0.3, -0.25) is 9.59 Å². The summed E-state index contributed by atoms with van der Waals surface area (Å²) in [5.74, 6) is 0.0235. The molecule has 1 fully saturated rings. The van der Waals surface area contributed by atoms with Crippen LogP contribution in [-0.2, 0) is 11.2 Å². The number of anilines is 2. The van der Waals surface area contributed by atoms with E-state index in [4.69, 9.17) is 0 Å². The number of amides is 2. The summed E-state index contributed by atoms with van der Waals surface area (Å²) in [4.78, 5) is 26.5. The van der Waals surface area contributed by atoms with Crippen LogP contribution in [0.1, 0.15) is 47.7 Å². The van der Waals surface area contributed by atoms with Crippen molar-refractivity contribution in [3.05, 3.63) is 59.2 Å². The normalized spacial score (nSPS) is 14.5. The van der Waals surface area contributed by atoms with Crippen molar-refractivity contribution in [2.24, 2.45) is 0 Å². The van der Waals surface area contributed by atoms with Gasteiger partial charge in [0.25, 0.3) is 5.91 Å². The molecule has 1 aliphatic rings. The van der Waals surface area contributed by atoms with Crippen molar-refractivity contribution < 1.29 is 9.59 Å². The second kappa shape index (κ2) is 7.51. The van der Waals surface area contributed by atoms with Gasteiger partial charge < -0.3 is 10.2 Å². The molecule has 2 aromatic rings. The van der Waals surface area contributed by atoms with E-state index in [-0.39, 0.29) is 11.8 Å². The Balaban J connectivity index is 1.79. The molecule has 0 bridgehead atoms. The summed E-state index contributed by atoms with van der Waals surface area (Å²) in [6, 6.07) is 13.4. The van der Waals surface area contributed by atoms with Crippen LogP contribution in [0.2, 0.25) is 0 Å². The van der Waals surface area contributed by atoms with Gasteiger partial charge in [-0.25, -0.2) is 0 Å². The summed E-state index contributed by atoms with van der Waals surface area (Å²) >= 11 is 0. The van der Waals surface area contributed by atoms with Gasteiger partial charge in [0.1, 0.15) is 0 Å². The number of benzene rings is 2. The summed E-state index contributed by atoms with van der Waals surface area (Å²) in [5, 5.41) is 2.94. The van der Waals surface area contributed by atoms with Crippen LogP contribution in [0.15, 0.2) is 42.5 Å². The van der Waals surface area contributed by atoms with E-state index in [9.17, 15) is 9.59 Å². The van der Waals surface area contributed by atoms with Crippen molar-refractivity contribution in [3.8, 4) is 0 Å². The van der Waals surface area contributed by atoms with Crippen molar-refractivity contribution in [1.29, 1.82) is 0 Å². The quantitative estimate of drug-likeness (QED) is 0.903. The lowest BCUT2D eigenvalue weighted by Gasteiger charge is -2.28. The molecule has 0 saturated carbocycles. The van der Waals surface area contributed by atoms with E-state index < -0.39 is 0 Å². The molecule has 4 nitrogen and oxygen atoms in total. The third-order valence-corrected chi connectivity index (χ3v) is 4.71. The zero-order valence-corrected chi connectivity index (χ0v) is 14.8. The molecule has 2 amide bonds. The Morgan fingerprint density at radius 1 is 1.12 bits per heavy atom. The standard InChI is InChI=1S/C21H24N2O2/c1-3-16-8-10-17(11-9-16)21(25)22-18-12-7-15(2)19(14-18)23-13-5-4-6-20(23)24/h7-12,14H,3-6,13H2,1-2H3,(H,22,25). The largest absolute Gasteiger partial charge is 0.322 e. The monoisotopic (exact) mass is 336 g/mol. The van der Waals surface area contributed by atoms with Gasteiger partial charge in [-0.2, -0.15) is 0 Å². The summed E-state index contributed by atoms with van der Waals surface area (Å²) in [6.07, 6.45) is 3.52. The number of rotatable bonds is 4. The third-order valence-electron chi connectivity index (χ3n) is 4.71. The summed E-state index contributed by atoms with van der Waals surface area (Å²) in [5.41, 5.74) is 4.49. The van der Waals surface area contributed by atoms with Gasteiger partial charge in [0.2, 0.25) is 5.91 Å². The number of piperidine rings is 1. The highest BCUT2D eigenvalue weighted by atomic mass is 16.2. The predicted octanol–water partition coefficient (Wildman–Crippen LogP) is 4.33. The number of nitrogens with one attached hydrogen (secondary N) is 1. The minimum absolute atomic E-state index is 0.137. The molecule has 1 heterocycles. The Hall–Kier alpha value is -2.62. The van der Waals surface area contributed by atoms with E-state index >= 15 is 0 Å². The fourth-order valence-corrected chi connectivity index (χ4v) is 3.13. The highest BCUT2D eigenvalue weighted by molar-refractivity contribution is 6.05. The smallest absolute Gasteiger partial charge is 0.255 e. The van der Waals surface area contributed by atoms with Gasteiger partial charge in [-0.05, 0) is 61.6 Å². The lowest BCUT2D eigenvalue weighted by molar-refractivity contribution is -0.119. The Morgan fingerprint density at radius 3 is 2.56 bits per heavy atom. The van der Waals surface area contributed by atoms with Crippen LogP contribution in [0, 0.1) is 6.92 Å². The maximum atomic E-state index is 12.5. The van der Waals surface area contributed by atoms with Gasteiger partial charge in [-0.15, -0.1) is 0 Å². The van der Waals surface area contributed by atoms with Crippen LogP contribution in [0.4, 0.5) is 11.4 Å². The second-order valence-corrected chi connectivity index (χ2v) is 6.51. The average Bonchev–Trinajstić information content (AvgIpc) is 2.64. The number of aryl methyl sites for hydroxylation is 2. The van der Waals surface area contributed by atoms with Gasteiger partial charge in [-0.1, -0.05) is 25.1 Å². The van der Waals surface area contributed by atoms with Gasteiger partial charge in [0.15, 0.2) is 0 Å². The van der Waals surface area contributed by atoms with E-state index in [1.807, 2.05) is 54.3 Å². The van der Waals surface area contributed by atoms with E-state index in [0.29, 0.717) is 17.7 Å².